The van der Waals surface area contributed by atoms with Gasteiger partial charge in [-0.2, -0.15) is 0 Å². The number of halogens is 2. The molecule has 0 saturated carbocycles. The Labute approximate surface area is 142 Å². The minimum atomic E-state index is -1.40. The van der Waals surface area contributed by atoms with Crippen molar-refractivity contribution < 1.29 is 14.6 Å². The summed E-state index contributed by atoms with van der Waals surface area (Å²) in [5, 5.41) is 10.2. The van der Waals surface area contributed by atoms with Gasteiger partial charge in [0.2, 0.25) is 0 Å². The van der Waals surface area contributed by atoms with E-state index in [0.29, 0.717) is 32.2 Å². The molecule has 0 aliphatic carbocycles. The predicted molar refractivity (Wildman–Crippen MR) is 90.6 cm³/mol. The van der Waals surface area contributed by atoms with E-state index in [1.807, 2.05) is 30.3 Å². The Kier molecular flexibility index (Phi) is 4.11. The summed E-state index contributed by atoms with van der Waals surface area (Å²) >= 11 is 12.1. The summed E-state index contributed by atoms with van der Waals surface area (Å²) in [6.07, 6.45) is -1.40. The third-order valence-corrected chi connectivity index (χ3v) is 4.17. The number of benzene rings is 2. The molecule has 0 aliphatic heterocycles. The highest BCUT2D eigenvalue weighted by Gasteiger charge is 2.18. The highest BCUT2D eigenvalue weighted by atomic mass is 35.5. The third kappa shape index (κ3) is 2.96. The average Bonchev–Trinajstić information content (AvgIpc) is 2.52. The molecule has 1 aromatic heterocycles. The summed E-state index contributed by atoms with van der Waals surface area (Å²) in [5.74, 6) is 0.208. The minimum Gasteiger partial charge on any atom is -0.449 e. The van der Waals surface area contributed by atoms with Crippen LogP contribution in [0.4, 0.5) is 4.79 Å². The Bertz CT molecular complexity index is 911. The summed E-state index contributed by atoms with van der Waals surface area (Å²) < 4.78 is 4.99. The summed E-state index contributed by atoms with van der Waals surface area (Å²) in [5.41, 5.74) is 2.62. The molecule has 3 rings (SSSR count). The van der Waals surface area contributed by atoms with E-state index in [-0.39, 0.29) is 5.75 Å². The molecule has 1 N–H and O–H groups in total. The highest BCUT2D eigenvalue weighted by Crippen LogP contribution is 2.38. The number of pyridine rings is 1. The molecule has 23 heavy (non-hydrogen) atoms. The zero-order valence-corrected chi connectivity index (χ0v) is 13.5. The first-order valence-corrected chi connectivity index (χ1v) is 7.48. The number of aromatic nitrogens is 1. The van der Waals surface area contributed by atoms with Gasteiger partial charge in [-0.1, -0.05) is 53.5 Å². The largest absolute Gasteiger partial charge is 0.511 e. The van der Waals surface area contributed by atoms with Crippen molar-refractivity contribution in [3.05, 3.63) is 58.1 Å². The van der Waals surface area contributed by atoms with Crippen LogP contribution in [0.15, 0.2) is 42.5 Å². The van der Waals surface area contributed by atoms with E-state index in [0.717, 1.165) is 5.56 Å². The zero-order valence-electron chi connectivity index (χ0n) is 12.0. The van der Waals surface area contributed by atoms with Gasteiger partial charge in [-0.05, 0) is 19.1 Å². The van der Waals surface area contributed by atoms with Crippen LogP contribution in [0.3, 0.4) is 0 Å². The SMILES string of the molecule is Cc1c(-c2ccccc2)nc2cc(Cl)c(Cl)cc2c1OC(=O)O. The van der Waals surface area contributed by atoms with Crippen molar-refractivity contribution in [1.29, 1.82) is 0 Å². The molecule has 0 unspecified atom stereocenters. The molecule has 0 spiro atoms. The van der Waals surface area contributed by atoms with Gasteiger partial charge in [-0.25, -0.2) is 9.78 Å². The summed E-state index contributed by atoms with van der Waals surface area (Å²) in [6.45, 7) is 1.76. The Morgan fingerprint density at radius 3 is 2.43 bits per heavy atom. The summed E-state index contributed by atoms with van der Waals surface area (Å²) in [7, 11) is 0. The fraction of sp³-hybridized carbons (Fsp3) is 0.0588. The predicted octanol–water partition coefficient (Wildman–Crippen LogP) is 5.57. The minimum absolute atomic E-state index is 0.208. The van der Waals surface area contributed by atoms with Crippen molar-refractivity contribution in [1.82, 2.24) is 4.98 Å². The van der Waals surface area contributed by atoms with E-state index >= 15 is 0 Å². The van der Waals surface area contributed by atoms with Gasteiger partial charge in [0.1, 0.15) is 5.75 Å². The van der Waals surface area contributed by atoms with Crippen molar-refractivity contribution in [3.8, 4) is 17.0 Å². The number of carboxylic acid groups (broad SMARTS) is 1. The van der Waals surface area contributed by atoms with E-state index in [1.165, 1.54) is 0 Å². The first-order valence-electron chi connectivity index (χ1n) is 6.73. The normalized spacial score (nSPS) is 10.7. The van der Waals surface area contributed by atoms with Gasteiger partial charge in [0.15, 0.2) is 0 Å². The molecule has 116 valence electrons. The van der Waals surface area contributed by atoms with Gasteiger partial charge in [0.25, 0.3) is 0 Å². The molecular formula is C17H11Cl2NO3. The van der Waals surface area contributed by atoms with Crippen LogP contribution < -0.4 is 4.74 Å². The maximum atomic E-state index is 11.1. The van der Waals surface area contributed by atoms with Crippen LogP contribution in [0, 0.1) is 6.92 Å². The van der Waals surface area contributed by atoms with Crippen molar-refractivity contribution in [2.24, 2.45) is 0 Å². The Morgan fingerprint density at radius 2 is 1.78 bits per heavy atom. The first kappa shape index (κ1) is 15.6. The van der Waals surface area contributed by atoms with Crippen molar-refractivity contribution in [2.75, 3.05) is 0 Å². The molecule has 0 atom stereocenters. The Hall–Kier alpha value is -2.30. The van der Waals surface area contributed by atoms with Crippen LogP contribution in [0.25, 0.3) is 22.2 Å². The lowest BCUT2D eigenvalue weighted by molar-refractivity contribution is 0.145. The molecular weight excluding hydrogens is 337 g/mol. The Morgan fingerprint density at radius 1 is 1.13 bits per heavy atom. The second-order valence-corrected chi connectivity index (χ2v) is 5.75. The van der Waals surface area contributed by atoms with Gasteiger partial charge < -0.3 is 9.84 Å². The molecule has 0 aliphatic rings. The van der Waals surface area contributed by atoms with Crippen LogP contribution in [-0.4, -0.2) is 16.2 Å². The first-order chi connectivity index (χ1) is 11.0. The van der Waals surface area contributed by atoms with E-state index in [9.17, 15) is 4.79 Å². The number of ether oxygens (including phenoxy) is 1. The molecule has 0 saturated heterocycles. The zero-order chi connectivity index (χ0) is 16.6. The van der Waals surface area contributed by atoms with Crippen molar-refractivity contribution >= 4 is 40.3 Å². The van der Waals surface area contributed by atoms with Crippen molar-refractivity contribution in [2.45, 2.75) is 6.92 Å². The third-order valence-electron chi connectivity index (χ3n) is 3.45. The highest BCUT2D eigenvalue weighted by molar-refractivity contribution is 6.42. The van der Waals surface area contributed by atoms with Gasteiger partial charge >= 0.3 is 6.16 Å². The molecule has 0 amide bonds. The number of carbonyl (C=O) groups is 1. The van der Waals surface area contributed by atoms with Crippen LogP contribution in [0.5, 0.6) is 5.75 Å². The fourth-order valence-corrected chi connectivity index (χ4v) is 2.74. The number of hydrogen-bond acceptors (Lipinski definition) is 3. The molecule has 1 heterocycles. The molecule has 0 fully saturated rings. The number of nitrogens with zero attached hydrogens (tertiary/aromatic N) is 1. The van der Waals surface area contributed by atoms with E-state index in [4.69, 9.17) is 33.0 Å². The topological polar surface area (TPSA) is 59.4 Å². The second-order valence-electron chi connectivity index (χ2n) is 4.93. The van der Waals surface area contributed by atoms with Crippen LogP contribution in [-0.2, 0) is 0 Å². The monoisotopic (exact) mass is 347 g/mol. The number of fused-ring (bicyclic) bond motifs is 1. The molecule has 4 nitrogen and oxygen atoms in total. The second kappa shape index (κ2) is 6.07. The molecule has 0 radical (unpaired) electrons. The number of rotatable bonds is 2. The van der Waals surface area contributed by atoms with Crippen LogP contribution in [0.1, 0.15) is 5.56 Å². The molecule has 0 bridgehead atoms. The Balaban J connectivity index is 2.37. The quantitative estimate of drug-likeness (QED) is 0.615. The van der Waals surface area contributed by atoms with Gasteiger partial charge in [-0.3, -0.25) is 0 Å². The fourth-order valence-electron chi connectivity index (χ4n) is 2.42. The van der Waals surface area contributed by atoms with Gasteiger partial charge in [0, 0.05) is 16.5 Å². The van der Waals surface area contributed by atoms with Crippen LogP contribution in [0.2, 0.25) is 10.0 Å². The van der Waals surface area contributed by atoms with E-state index in [1.54, 1.807) is 19.1 Å². The smallest absolute Gasteiger partial charge is 0.449 e. The maximum Gasteiger partial charge on any atom is 0.511 e. The lowest BCUT2D eigenvalue weighted by atomic mass is 10.0. The number of hydrogen-bond donors (Lipinski definition) is 1. The molecule has 6 heteroatoms. The lowest BCUT2D eigenvalue weighted by Gasteiger charge is -2.14. The summed E-state index contributed by atoms with van der Waals surface area (Å²) in [6, 6.07) is 12.6. The maximum absolute atomic E-state index is 11.1. The summed E-state index contributed by atoms with van der Waals surface area (Å²) in [4.78, 5) is 15.7. The van der Waals surface area contributed by atoms with Crippen molar-refractivity contribution in [3.63, 3.8) is 0 Å². The lowest BCUT2D eigenvalue weighted by Crippen LogP contribution is -2.06. The van der Waals surface area contributed by atoms with Gasteiger partial charge in [0.05, 0.1) is 21.3 Å². The molecule has 2 aromatic carbocycles. The van der Waals surface area contributed by atoms with Crippen LogP contribution >= 0.6 is 23.2 Å². The average molecular weight is 348 g/mol. The standard InChI is InChI=1S/C17H11Cl2NO3/c1-9-15(10-5-3-2-4-6-10)20-14-8-13(19)12(18)7-11(14)16(9)23-17(21)22/h2-8H,1H3,(H,21,22). The van der Waals surface area contributed by atoms with E-state index < -0.39 is 6.16 Å². The van der Waals surface area contributed by atoms with Gasteiger partial charge in [-0.15, -0.1) is 0 Å². The molecule has 3 aromatic rings. The van der Waals surface area contributed by atoms with E-state index in [2.05, 4.69) is 4.98 Å².